The molecule has 2 heterocycles. The second kappa shape index (κ2) is 9.58. The molecule has 2 aliphatic heterocycles. The lowest BCUT2D eigenvalue weighted by Gasteiger charge is -2.22. The van der Waals surface area contributed by atoms with E-state index >= 15 is 0 Å². The van der Waals surface area contributed by atoms with Gasteiger partial charge in [0.05, 0.1) is 23.6 Å². The minimum absolute atomic E-state index is 0.0634. The zero-order valence-corrected chi connectivity index (χ0v) is 19.6. The van der Waals surface area contributed by atoms with Crippen molar-refractivity contribution in [2.75, 3.05) is 31.6 Å². The van der Waals surface area contributed by atoms with Gasteiger partial charge in [0.2, 0.25) is 5.91 Å². The fourth-order valence-electron chi connectivity index (χ4n) is 4.53. The monoisotopic (exact) mass is 496 g/mol. The number of carbonyl (C=O) groups is 1. The van der Waals surface area contributed by atoms with Crippen LogP contribution >= 0.6 is 0 Å². The number of sulfone groups is 1. The second-order valence-corrected chi connectivity index (χ2v) is 11.1. The topological polar surface area (TPSA) is 75.7 Å². The van der Waals surface area contributed by atoms with Crippen molar-refractivity contribution < 1.29 is 31.1 Å². The Morgan fingerprint density at radius 2 is 1.88 bits per heavy atom. The maximum atomic E-state index is 13.5. The number of alkyl halides is 3. The number of nitrogens with one attached hydrogen (secondary N) is 1. The van der Waals surface area contributed by atoms with Crippen LogP contribution in [0.25, 0.3) is 11.1 Å². The molecule has 34 heavy (non-hydrogen) atoms. The summed E-state index contributed by atoms with van der Waals surface area (Å²) >= 11 is 0. The Balaban J connectivity index is 1.34. The molecule has 2 aliphatic rings. The normalized spacial score (nSPS) is 21.3. The summed E-state index contributed by atoms with van der Waals surface area (Å²) in [6.45, 7) is 0.672. The molecule has 0 bridgehead atoms. The molecule has 6 nitrogen and oxygen atoms in total. The lowest BCUT2D eigenvalue weighted by molar-refractivity contribution is -0.137. The van der Waals surface area contributed by atoms with Gasteiger partial charge < -0.3 is 15.0 Å². The highest BCUT2D eigenvalue weighted by Crippen LogP contribution is 2.43. The van der Waals surface area contributed by atoms with Crippen molar-refractivity contribution in [1.82, 2.24) is 10.2 Å². The lowest BCUT2D eigenvalue weighted by atomic mass is 9.96. The Bertz CT molecular complexity index is 1170. The Morgan fingerprint density at radius 3 is 2.59 bits per heavy atom. The third-order valence-corrected chi connectivity index (χ3v) is 8.15. The maximum Gasteiger partial charge on any atom is 0.417 e. The van der Waals surface area contributed by atoms with E-state index < -0.39 is 21.6 Å². The fourth-order valence-corrected chi connectivity index (χ4v) is 6.33. The molecular formula is C24H27F3N2O4S. The molecule has 1 saturated heterocycles. The third-order valence-electron chi connectivity index (χ3n) is 6.40. The van der Waals surface area contributed by atoms with Crippen LogP contribution in [-0.2, 0) is 27.2 Å². The first-order valence-corrected chi connectivity index (χ1v) is 13.0. The van der Waals surface area contributed by atoms with Gasteiger partial charge >= 0.3 is 6.18 Å². The summed E-state index contributed by atoms with van der Waals surface area (Å²) in [6.07, 6.45) is -3.58. The Hall–Kier alpha value is -2.59. The Kier molecular flexibility index (Phi) is 6.91. The van der Waals surface area contributed by atoms with Crippen LogP contribution in [0.2, 0.25) is 0 Å². The van der Waals surface area contributed by atoms with Crippen molar-refractivity contribution in [3.8, 4) is 16.9 Å². The smallest absolute Gasteiger partial charge is 0.417 e. The highest BCUT2D eigenvalue weighted by Gasteiger charge is 2.35. The van der Waals surface area contributed by atoms with Gasteiger partial charge in [-0.1, -0.05) is 36.4 Å². The largest absolute Gasteiger partial charge is 0.487 e. The molecule has 0 spiro atoms. The minimum Gasteiger partial charge on any atom is -0.487 e. The quantitative estimate of drug-likeness (QED) is 0.637. The van der Waals surface area contributed by atoms with Crippen molar-refractivity contribution in [1.29, 1.82) is 0 Å². The van der Waals surface area contributed by atoms with Crippen LogP contribution in [0.5, 0.6) is 5.75 Å². The van der Waals surface area contributed by atoms with Gasteiger partial charge in [-0.15, -0.1) is 0 Å². The van der Waals surface area contributed by atoms with Crippen LogP contribution in [0.15, 0.2) is 42.5 Å². The van der Waals surface area contributed by atoms with E-state index in [2.05, 4.69) is 5.32 Å². The summed E-state index contributed by atoms with van der Waals surface area (Å²) in [7, 11) is -1.17. The number of hydrogen-bond donors (Lipinski definition) is 1. The fraction of sp³-hybridized carbons (Fsp3) is 0.458. The van der Waals surface area contributed by atoms with Gasteiger partial charge in [0.15, 0.2) is 9.84 Å². The van der Waals surface area contributed by atoms with Gasteiger partial charge in [0.1, 0.15) is 11.9 Å². The van der Waals surface area contributed by atoms with E-state index in [9.17, 15) is 26.4 Å². The van der Waals surface area contributed by atoms with Crippen LogP contribution in [0.3, 0.4) is 0 Å². The molecule has 4 rings (SSSR count). The van der Waals surface area contributed by atoms with Crippen molar-refractivity contribution >= 4 is 15.7 Å². The van der Waals surface area contributed by atoms with E-state index in [0.29, 0.717) is 30.7 Å². The van der Waals surface area contributed by atoms with Gasteiger partial charge in [-0.2, -0.15) is 13.2 Å². The van der Waals surface area contributed by atoms with Crippen molar-refractivity contribution in [2.24, 2.45) is 0 Å². The minimum atomic E-state index is -4.48. The van der Waals surface area contributed by atoms with Crippen LogP contribution in [0, 0.1) is 0 Å². The average molecular weight is 497 g/mol. The number of halogens is 3. The van der Waals surface area contributed by atoms with E-state index in [-0.39, 0.29) is 48.1 Å². The first-order chi connectivity index (χ1) is 16.0. The molecule has 1 amide bonds. The van der Waals surface area contributed by atoms with Crippen molar-refractivity contribution in [3.05, 3.63) is 53.6 Å². The standard InChI is InChI=1S/C24H27F3N2O4S/c1-29(17-10-12-34(31,32)15-17)11-9-22(30)28-14-18-13-16-5-4-7-20(23(16)33-18)19-6-2-3-8-21(19)24(25,26)27/h2-8,17-18H,9-15H2,1H3,(H,28,30)/t17-,18-/m0/s1. The number of benzene rings is 2. The molecule has 0 unspecified atom stereocenters. The summed E-state index contributed by atoms with van der Waals surface area (Å²) < 4.78 is 69.8. The maximum absolute atomic E-state index is 13.5. The van der Waals surface area contributed by atoms with Crippen LogP contribution < -0.4 is 10.1 Å². The number of nitrogens with zero attached hydrogens (tertiary/aromatic N) is 1. The van der Waals surface area contributed by atoms with Crippen LogP contribution in [-0.4, -0.2) is 63.0 Å². The number of hydrogen-bond acceptors (Lipinski definition) is 5. The predicted octanol–water partition coefficient (Wildman–Crippen LogP) is 3.30. The molecule has 2 atom stereocenters. The van der Waals surface area contributed by atoms with Gasteiger partial charge in [0, 0.05) is 31.0 Å². The number of ether oxygens (including phenoxy) is 1. The second-order valence-electron chi connectivity index (χ2n) is 8.87. The van der Waals surface area contributed by atoms with Crippen LogP contribution in [0.1, 0.15) is 24.0 Å². The van der Waals surface area contributed by atoms with E-state index in [0.717, 1.165) is 11.6 Å². The molecule has 1 N–H and O–H groups in total. The van der Waals surface area contributed by atoms with E-state index in [1.54, 1.807) is 18.2 Å². The van der Waals surface area contributed by atoms with Gasteiger partial charge in [-0.3, -0.25) is 4.79 Å². The predicted molar refractivity (Wildman–Crippen MR) is 122 cm³/mol. The van der Waals surface area contributed by atoms with Crippen molar-refractivity contribution in [3.63, 3.8) is 0 Å². The zero-order valence-electron chi connectivity index (χ0n) is 18.8. The van der Waals surface area contributed by atoms with Crippen LogP contribution in [0.4, 0.5) is 13.2 Å². The van der Waals surface area contributed by atoms with E-state index in [4.69, 9.17) is 4.74 Å². The van der Waals surface area contributed by atoms with Gasteiger partial charge in [0.25, 0.3) is 0 Å². The molecule has 0 radical (unpaired) electrons. The average Bonchev–Trinajstić information content (AvgIpc) is 3.37. The molecule has 0 saturated carbocycles. The summed E-state index contributed by atoms with van der Waals surface area (Å²) in [5.74, 6) is 0.540. The van der Waals surface area contributed by atoms with Gasteiger partial charge in [-0.25, -0.2) is 8.42 Å². The summed E-state index contributed by atoms with van der Waals surface area (Å²) in [5, 5.41) is 2.83. The molecule has 1 fully saturated rings. The summed E-state index contributed by atoms with van der Waals surface area (Å²) in [6, 6.07) is 10.5. The molecule has 0 aliphatic carbocycles. The molecule has 10 heteroatoms. The Morgan fingerprint density at radius 1 is 1.15 bits per heavy atom. The number of fused-ring (bicyclic) bond motifs is 1. The molecule has 2 aromatic rings. The van der Waals surface area contributed by atoms with Crippen molar-refractivity contribution in [2.45, 2.75) is 37.6 Å². The Labute approximate surface area is 197 Å². The number of carbonyl (C=O) groups excluding carboxylic acids is 1. The molecular weight excluding hydrogens is 469 g/mol. The first kappa shape index (κ1) is 24.5. The molecule has 184 valence electrons. The number of rotatable bonds is 7. The SMILES string of the molecule is CN(CCC(=O)NC[C@@H]1Cc2cccc(-c3ccccc3C(F)(F)F)c2O1)[C@H]1CCS(=O)(=O)C1. The third kappa shape index (κ3) is 5.55. The van der Waals surface area contributed by atoms with E-state index in [1.807, 2.05) is 18.0 Å². The number of amides is 1. The summed E-state index contributed by atoms with van der Waals surface area (Å²) in [4.78, 5) is 14.2. The zero-order chi connectivity index (χ0) is 24.5. The van der Waals surface area contributed by atoms with E-state index in [1.165, 1.54) is 12.1 Å². The lowest BCUT2D eigenvalue weighted by Crippen LogP contribution is -2.38. The van der Waals surface area contributed by atoms with Gasteiger partial charge in [-0.05, 0) is 30.7 Å². The first-order valence-electron chi connectivity index (χ1n) is 11.2. The number of para-hydroxylation sites is 1. The molecule has 0 aromatic heterocycles. The molecule has 2 aromatic carbocycles. The highest BCUT2D eigenvalue weighted by molar-refractivity contribution is 7.91. The summed E-state index contributed by atoms with van der Waals surface area (Å²) in [5.41, 5.74) is 0.528. The highest BCUT2D eigenvalue weighted by atomic mass is 32.2.